The van der Waals surface area contributed by atoms with Gasteiger partial charge in [0.25, 0.3) is 0 Å². The second kappa shape index (κ2) is 6.19. The highest BCUT2D eigenvalue weighted by atomic mass is 19.4. The lowest BCUT2D eigenvalue weighted by molar-refractivity contribution is -0.154. The number of alkyl halides is 3. The fourth-order valence-corrected chi connectivity index (χ4v) is 3.45. The third-order valence-corrected chi connectivity index (χ3v) is 4.84. The van der Waals surface area contributed by atoms with Crippen LogP contribution in [0, 0.1) is 0 Å². The first-order valence-corrected chi connectivity index (χ1v) is 8.27. The van der Waals surface area contributed by atoms with Crippen molar-refractivity contribution in [3.8, 4) is 5.88 Å². The predicted octanol–water partition coefficient (Wildman–Crippen LogP) is 3.08. The van der Waals surface area contributed by atoms with Gasteiger partial charge in [0, 0.05) is 49.5 Å². The zero-order valence-electron chi connectivity index (χ0n) is 14.3. The maximum absolute atomic E-state index is 12.1. The number of piperidine rings is 1. The molecule has 1 aromatic rings. The lowest BCUT2D eigenvalue weighted by Gasteiger charge is -2.59. The summed E-state index contributed by atoms with van der Waals surface area (Å²) in [5, 5.41) is 0. The molecule has 2 unspecified atom stereocenters. The van der Waals surface area contributed by atoms with Gasteiger partial charge in [0.05, 0.1) is 0 Å². The van der Waals surface area contributed by atoms with Gasteiger partial charge in [-0.25, -0.2) is 4.98 Å². The van der Waals surface area contributed by atoms with E-state index >= 15 is 0 Å². The second-order valence-corrected chi connectivity index (χ2v) is 7.70. The molecule has 2 bridgehead atoms. The van der Waals surface area contributed by atoms with E-state index < -0.39 is 12.8 Å². The minimum Gasteiger partial charge on any atom is -0.468 e. The van der Waals surface area contributed by atoms with Crippen LogP contribution in [-0.2, 0) is 6.54 Å². The molecule has 3 aliphatic rings. The second-order valence-electron chi connectivity index (χ2n) is 7.70. The molecule has 4 heterocycles. The van der Waals surface area contributed by atoms with E-state index in [0.29, 0.717) is 12.1 Å². The van der Waals surface area contributed by atoms with E-state index in [9.17, 15) is 13.2 Å². The number of ether oxygens (including phenoxy) is 1. The van der Waals surface area contributed by atoms with Crippen molar-refractivity contribution in [2.45, 2.75) is 57.5 Å². The zero-order valence-corrected chi connectivity index (χ0v) is 14.3. The van der Waals surface area contributed by atoms with Crippen molar-refractivity contribution in [2.75, 3.05) is 19.7 Å². The lowest BCUT2D eigenvalue weighted by atomic mass is 9.84. The van der Waals surface area contributed by atoms with Gasteiger partial charge in [-0.2, -0.15) is 13.2 Å². The molecule has 0 spiro atoms. The zero-order chi connectivity index (χ0) is 17.5. The van der Waals surface area contributed by atoms with Gasteiger partial charge in [0.2, 0.25) is 5.88 Å². The molecule has 3 aliphatic heterocycles. The summed E-state index contributed by atoms with van der Waals surface area (Å²) in [5.41, 5.74) is 1.20. The molecule has 0 aromatic carbocycles. The first-order chi connectivity index (χ1) is 11.1. The Morgan fingerprint density at radius 1 is 1.17 bits per heavy atom. The van der Waals surface area contributed by atoms with Gasteiger partial charge in [0.15, 0.2) is 6.61 Å². The molecule has 4 nitrogen and oxygen atoms in total. The van der Waals surface area contributed by atoms with Gasteiger partial charge in [-0.05, 0) is 32.8 Å². The van der Waals surface area contributed by atoms with Crippen molar-refractivity contribution in [3.05, 3.63) is 23.9 Å². The van der Waals surface area contributed by atoms with Gasteiger partial charge in [-0.1, -0.05) is 6.07 Å². The molecule has 3 fully saturated rings. The molecular weight excluding hydrogens is 319 g/mol. The van der Waals surface area contributed by atoms with Gasteiger partial charge in [0.1, 0.15) is 0 Å². The Morgan fingerprint density at radius 3 is 2.33 bits per heavy atom. The summed E-state index contributed by atoms with van der Waals surface area (Å²) in [4.78, 5) is 8.97. The molecule has 3 saturated heterocycles. The van der Waals surface area contributed by atoms with Crippen LogP contribution in [0.4, 0.5) is 13.2 Å². The van der Waals surface area contributed by atoms with E-state index in [0.717, 1.165) is 25.2 Å². The number of halogens is 3. The summed E-state index contributed by atoms with van der Waals surface area (Å²) in [6.45, 7) is 8.35. The highest BCUT2D eigenvalue weighted by molar-refractivity contribution is 5.19. The standard InChI is InChI=1S/C17H24F3N3O/c1-16(2,3)22-9-13-6-14(10-22)23(13)8-12-4-5-15(21-7-12)24-11-17(18,19)20/h4-5,7,13-14H,6,8-11H2,1-3H3. The first-order valence-electron chi connectivity index (χ1n) is 8.27. The molecular formula is C17H24F3N3O. The van der Waals surface area contributed by atoms with Crippen LogP contribution in [0.5, 0.6) is 5.88 Å². The monoisotopic (exact) mass is 343 g/mol. The molecule has 0 aliphatic carbocycles. The lowest BCUT2D eigenvalue weighted by Crippen LogP contribution is -2.70. The Hall–Kier alpha value is -1.34. The molecule has 4 rings (SSSR count). The third kappa shape index (κ3) is 4.00. The Bertz CT molecular complexity index is 556. The highest BCUT2D eigenvalue weighted by Crippen LogP contribution is 2.36. The molecule has 7 heteroatoms. The molecule has 0 amide bonds. The molecule has 1 aromatic heterocycles. The fraction of sp³-hybridized carbons (Fsp3) is 0.706. The number of aromatic nitrogens is 1. The van der Waals surface area contributed by atoms with E-state index in [-0.39, 0.29) is 11.4 Å². The number of hydrogen-bond acceptors (Lipinski definition) is 4. The quantitative estimate of drug-likeness (QED) is 0.840. The van der Waals surface area contributed by atoms with Crippen molar-refractivity contribution >= 4 is 0 Å². The predicted molar refractivity (Wildman–Crippen MR) is 84.8 cm³/mol. The van der Waals surface area contributed by atoms with Crippen molar-refractivity contribution < 1.29 is 17.9 Å². The van der Waals surface area contributed by atoms with Gasteiger partial charge < -0.3 is 4.74 Å². The average molecular weight is 343 g/mol. The van der Waals surface area contributed by atoms with Gasteiger partial charge in [-0.15, -0.1) is 0 Å². The smallest absolute Gasteiger partial charge is 0.422 e. The van der Waals surface area contributed by atoms with Crippen molar-refractivity contribution in [1.29, 1.82) is 0 Å². The van der Waals surface area contributed by atoms with Crippen molar-refractivity contribution in [3.63, 3.8) is 0 Å². The minimum atomic E-state index is -4.34. The molecule has 134 valence electrons. The van der Waals surface area contributed by atoms with E-state index in [1.54, 1.807) is 12.3 Å². The maximum Gasteiger partial charge on any atom is 0.422 e. The van der Waals surface area contributed by atoms with Crippen LogP contribution >= 0.6 is 0 Å². The van der Waals surface area contributed by atoms with Crippen molar-refractivity contribution in [2.24, 2.45) is 0 Å². The van der Waals surface area contributed by atoms with Gasteiger partial charge in [-0.3, -0.25) is 9.80 Å². The number of piperazine rings is 1. The van der Waals surface area contributed by atoms with Crippen LogP contribution in [-0.4, -0.2) is 58.3 Å². The van der Waals surface area contributed by atoms with Crippen LogP contribution < -0.4 is 4.74 Å². The average Bonchev–Trinajstić information content (AvgIpc) is 2.50. The Labute approximate surface area is 140 Å². The molecule has 0 saturated carbocycles. The summed E-state index contributed by atoms with van der Waals surface area (Å²) in [6.07, 6.45) is -1.50. The topological polar surface area (TPSA) is 28.6 Å². The minimum absolute atomic E-state index is 0.0128. The van der Waals surface area contributed by atoms with Crippen LogP contribution in [0.2, 0.25) is 0 Å². The summed E-state index contributed by atoms with van der Waals surface area (Å²) in [7, 11) is 0. The number of pyridine rings is 1. The van der Waals surface area contributed by atoms with Crippen LogP contribution in [0.3, 0.4) is 0 Å². The van der Waals surface area contributed by atoms with E-state index in [1.165, 1.54) is 12.5 Å². The van der Waals surface area contributed by atoms with Gasteiger partial charge >= 0.3 is 6.18 Å². The fourth-order valence-electron chi connectivity index (χ4n) is 3.45. The largest absolute Gasteiger partial charge is 0.468 e. The van der Waals surface area contributed by atoms with E-state index in [2.05, 4.69) is 40.3 Å². The van der Waals surface area contributed by atoms with E-state index in [1.807, 2.05) is 0 Å². The normalized spacial score (nSPS) is 25.4. The Balaban J connectivity index is 1.53. The number of hydrogen-bond donors (Lipinski definition) is 0. The SMILES string of the molecule is CC(C)(C)N1CC2CC(C1)N2Cc1ccc(OCC(F)(F)F)nc1. The van der Waals surface area contributed by atoms with Crippen molar-refractivity contribution in [1.82, 2.24) is 14.8 Å². The number of nitrogens with zero attached hydrogens (tertiary/aromatic N) is 3. The Morgan fingerprint density at radius 2 is 1.83 bits per heavy atom. The van der Waals surface area contributed by atoms with Crippen LogP contribution in [0.25, 0.3) is 0 Å². The highest BCUT2D eigenvalue weighted by Gasteiger charge is 2.46. The summed E-state index contributed by atoms with van der Waals surface area (Å²) >= 11 is 0. The molecule has 0 radical (unpaired) electrons. The number of fused-ring (bicyclic) bond motifs is 2. The van der Waals surface area contributed by atoms with E-state index in [4.69, 9.17) is 0 Å². The van der Waals surface area contributed by atoms with Crippen LogP contribution in [0.15, 0.2) is 18.3 Å². The summed E-state index contributed by atoms with van der Waals surface area (Å²) in [6, 6.07) is 4.43. The molecule has 24 heavy (non-hydrogen) atoms. The summed E-state index contributed by atoms with van der Waals surface area (Å²) in [5.74, 6) is 0.0128. The molecule has 2 atom stereocenters. The third-order valence-electron chi connectivity index (χ3n) is 4.84. The Kier molecular flexibility index (Phi) is 4.51. The maximum atomic E-state index is 12.1. The number of rotatable bonds is 4. The summed E-state index contributed by atoms with van der Waals surface area (Å²) < 4.78 is 41.0. The molecule has 0 N–H and O–H groups in total. The van der Waals surface area contributed by atoms with Crippen LogP contribution in [0.1, 0.15) is 32.8 Å². The first kappa shape index (κ1) is 17.5.